The van der Waals surface area contributed by atoms with Crippen LogP contribution in [0, 0.1) is 25.1 Å². The number of allylic oxidation sites excluding steroid dienone is 4. The molecule has 0 aliphatic rings. The minimum atomic E-state index is -4.22. The third-order valence-electron chi connectivity index (χ3n) is 6.72. The standard InChI is InChI=1S/C25H31FO.C9H9F3.C6H6.C3H8.C2H6/c1-6-9-20-15-21(19(5)14-23(8-3)27-12-7-2)17-22(16-20)24-11-10-18(4)13-25(24)26;1-2-7-3-5-8(6-4-7)9(10,11)12;1-3-5-6-4-2;1-3-2;1-2/h6,10-11,13,15-17,23H,1,5,7-9,12,14H2,2-4H3;3-6H,2H2,1H3;1,4-6H,2H2;3H2,1-2H3;1-2H3/b;;6-5-;;. The van der Waals surface area contributed by atoms with Crippen LogP contribution in [0.4, 0.5) is 17.6 Å². The largest absolute Gasteiger partial charge is 0.416 e. The number of aryl methyl sites for hydroxylation is 2. The zero-order valence-electron chi connectivity index (χ0n) is 31.7. The fourth-order valence-corrected chi connectivity index (χ4v) is 4.24. The number of halogens is 4. The number of benzene rings is 3. The van der Waals surface area contributed by atoms with E-state index >= 15 is 0 Å². The molecule has 5 heteroatoms. The van der Waals surface area contributed by atoms with E-state index in [1.165, 1.54) is 18.6 Å². The molecule has 0 bridgehead atoms. The zero-order valence-corrected chi connectivity index (χ0v) is 31.7. The summed E-state index contributed by atoms with van der Waals surface area (Å²) in [5.41, 5.74) is 5.94. The Morgan fingerprint density at radius 1 is 0.920 bits per heavy atom. The van der Waals surface area contributed by atoms with Gasteiger partial charge in [-0.3, -0.25) is 0 Å². The molecule has 0 aromatic heterocycles. The highest BCUT2D eigenvalue weighted by molar-refractivity contribution is 5.73. The van der Waals surface area contributed by atoms with Crippen LogP contribution in [0.2, 0.25) is 0 Å². The number of hydrogen-bond acceptors (Lipinski definition) is 1. The predicted molar refractivity (Wildman–Crippen MR) is 211 cm³/mol. The molecule has 0 fully saturated rings. The van der Waals surface area contributed by atoms with Crippen LogP contribution < -0.4 is 0 Å². The Hall–Kier alpha value is -4.14. The Bertz CT molecular complexity index is 1440. The van der Waals surface area contributed by atoms with E-state index in [2.05, 4.69) is 59.4 Å². The van der Waals surface area contributed by atoms with E-state index in [1.807, 2.05) is 58.0 Å². The molecule has 0 saturated heterocycles. The van der Waals surface area contributed by atoms with E-state index in [-0.39, 0.29) is 11.9 Å². The van der Waals surface area contributed by atoms with Crippen LogP contribution in [-0.2, 0) is 23.8 Å². The molecule has 0 heterocycles. The Balaban J connectivity index is 0. The maximum absolute atomic E-state index is 14.5. The average molecular weight is 693 g/mol. The Morgan fingerprint density at radius 2 is 1.54 bits per heavy atom. The molecule has 0 aliphatic carbocycles. The Labute approximate surface area is 301 Å². The van der Waals surface area contributed by atoms with Gasteiger partial charge in [-0.25, -0.2) is 4.39 Å². The first-order valence-corrected chi connectivity index (χ1v) is 17.6. The molecule has 0 amide bonds. The minimum absolute atomic E-state index is 0.167. The van der Waals surface area contributed by atoms with Gasteiger partial charge in [-0.15, -0.1) is 13.0 Å². The summed E-state index contributed by atoms with van der Waals surface area (Å²) in [7, 11) is 0. The summed E-state index contributed by atoms with van der Waals surface area (Å²) in [5.74, 6) is 2.12. The van der Waals surface area contributed by atoms with Crippen molar-refractivity contribution in [3.05, 3.63) is 138 Å². The van der Waals surface area contributed by atoms with Crippen molar-refractivity contribution in [2.45, 2.75) is 106 Å². The van der Waals surface area contributed by atoms with E-state index in [0.717, 1.165) is 84.2 Å². The molecule has 0 aliphatic heterocycles. The summed E-state index contributed by atoms with van der Waals surface area (Å²) >= 11 is 0. The van der Waals surface area contributed by atoms with Crippen molar-refractivity contribution in [1.82, 2.24) is 0 Å². The molecule has 0 N–H and O–H groups in total. The molecule has 0 spiro atoms. The predicted octanol–water partition coefficient (Wildman–Crippen LogP) is 14.2. The van der Waals surface area contributed by atoms with Crippen molar-refractivity contribution in [3.63, 3.8) is 0 Å². The van der Waals surface area contributed by atoms with Crippen molar-refractivity contribution in [2.24, 2.45) is 0 Å². The Morgan fingerprint density at radius 3 is 1.98 bits per heavy atom. The normalized spacial score (nSPS) is 10.7. The first-order chi connectivity index (χ1) is 23.8. The van der Waals surface area contributed by atoms with Gasteiger partial charge in [0.05, 0.1) is 11.7 Å². The summed E-state index contributed by atoms with van der Waals surface area (Å²) in [4.78, 5) is 0. The summed E-state index contributed by atoms with van der Waals surface area (Å²) < 4.78 is 56.5. The van der Waals surface area contributed by atoms with Crippen molar-refractivity contribution in [3.8, 4) is 23.5 Å². The third kappa shape index (κ3) is 20.4. The number of alkyl halides is 3. The molecule has 3 rings (SSSR count). The van der Waals surface area contributed by atoms with Gasteiger partial charge in [0.15, 0.2) is 0 Å². The van der Waals surface area contributed by atoms with Gasteiger partial charge in [0.2, 0.25) is 0 Å². The van der Waals surface area contributed by atoms with Gasteiger partial charge in [-0.2, -0.15) is 13.2 Å². The van der Waals surface area contributed by atoms with Crippen LogP contribution in [-0.4, -0.2) is 12.7 Å². The minimum Gasteiger partial charge on any atom is -0.378 e. The molecule has 274 valence electrons. The van der Waals surface area contributed by atoms with Crippen molar-refractivity contribution < 1.29 is 22.3 Å². The van der Waals surface area contributed by atoms with Crippen LogP contribution in [0.1, 0.15) is 102 Å². The fourth-order valence-electron chi connectivity index (χ4n) is 4.24. The van der Waals surface area contributed by atoms with Gasteiger partial charge in [-0.1, -0.05) is 129 Å². The fraction of sp³-hybridized carbons (Fsp3) is 0.378. The quantitative estimate of drug-likeness (QED) is 0.0795. The van der Waals surface area contributed by atoms with Crippen molar-refractivity contribution >= 4 is 5.57 Å². The van der Waals surface area contributed by atoms with Crippen LogP contribution in [0.5, 0.6) is 0 Å². The molecular formula is C45H60F4O. The topological polar surface area (TPSA) is 9.23 Å². The molecule has 1 atom stereocenters. The molecule has 1 unspecified atom stereocenters. The highest BCUT2D eigenvalue weighted by atomic mass is 19.4. The summed E-state index contributed by atoms with van der Waals surface area (Å²) in [6, 6.07) is 16.8. The first kappa shape index (κ1) is 48.0. The van der Waals surface area contributed by atoms with Gasteiger partial charge in [0, 0.05) is 12.2 Å². The monoisotopic (exact) mass is 692 g/mol. The van der Waals surface area contributed by atoms with Crippen LogP contribution in [0.15, 0.2) is 105 Å². The number of ether oxygens (including phenoxy) is 1. The van der Waals surface area contributed by atoms with Crippen LogP contribution >= 0.6 is 0 Å². The smallest absolute Gasteiger partial charge is 0.378 e. The third-order valence-corrected chi connectivity index (χ3v) is 6.72. The lowest BCUT2D eigenvalue weighted by atomic mass is 9.92. The van der Waals surface area contributed by atoms with E-state index < -0.39 is 11.7 Å². The number of terminal acetylenes is 1. The lowest BCUT2D eigenvalue weighted by Gasteiger charge is -2.18. The maximum Gasteiger partial charge on any atom is 0.416 e. The van der Waals surface area contributed by atoms with Crippen molar-refractivity contribution in [1.29, 1.82) is 0 Å². The molecule has 1 nitrogen and oxygen atoms in total. The molecule has 3 aromatic rings. The van der Waals surface area contributed by atoms with Gasteiger partial charge in [0.1, 0.15) is 5.82 Å². The van der Waals surface area contributed by atoms with Gasteiger partial charge >= 0.3 is 6.18 Å². The lowest BCUT2D eigenvalue weighted by molar-refractivity contribution is -0.137. The highest BCUT2D eigenvalue weighted by Gasteiger charge is 2.29. The van der Waals surface area contributed by atoms with E-state index in [4.69, 9.17) is 11.2 Å². The molecule has 50 heavy (non-hydrogen) atoms. The molecule has 3 aromatic carbocycles. The second kappa shape index (κ2) is 28.7. The highest BCUT2D eigenvalue weighted by Crippen LogP contribution is 2.31. The average Bonchev–Trinajstić information content (AvgIpc) is 3.10. The summed E-state index contributed by atoms with van der Waals surface area (Å²) in [5, 5.41) is 0. The van der Waals surface area contributed by atoms with Crippen LogP contribution in [0.3, 0.4) is 0 Å². The number of rotatable bonds is 12. The maximum atomic E-state index is 14.5. The SMILES string of the molecule is C#C/C=C\C=C.C=CCc1cc(C(=C)CC(CC)OCCC)cc(-c2ccc(C)cc2F)c1.CC.CCC.CCc1ccc(C(F)(F)F)cc1. The first-order valence-electron chi connectivity index (χ1n) is 17.6. The van der Waals surface area contributed by atoms with E-state index in [0.29, 0.717) is 5.56 Å². The van der Waals surface area contributed by atoms with E-state index in [9.17, 15) is 17.6 Å². The van der Waals surface area contributed by atoms with E-state index in [1.54, 1.807) is 24.3 Å². The molecule has 0 radical (unpaired) electrons. The van der Waals surface area contributed by atoms with Gasteiger partial charge in [0.25, 0.3) is 0 Å². The Kier molecular flexibility index (Phi) is 27.5. The van der Waals surface area contributed by atoms with Crippen molar-refractivity contribution in [2.75, 3.05) is 6.61 Å². The second-order valence-electron chi connectivity index (χ2n) is 11.1. The summed E-state index contributed by atoms with van der Waals surface area (Å²) in [6.45, 7) is 28.6. The molecular weight excluding hydrogens is 632 g/mol. The van der Waals surface area contributed by atoms with Gasteiger partial charge < -0.3 is 4.74 Å². The van der Waals surface area contributed by atoms with Gasteiger partial charge in [-0.05, 0) is 103 Å². The lowest BCUT2D eigenvalue weighted by Crippen LogP contribution is -2.13. The zero-order chi connectivity index (χ0) is 38.5. The van der Waals surface area contributed by atoms with Crippen LogP contribution in [0.25, 0.3) is 16.7 Å². The number of hydrogen-bond donors (Lipinski definition) is 0. The summed E-state index contributed by atoms with van der Waals surface area (Å²) in [6.07, 6.45) is 13.1. The second-order valence-corrected chi connectivity index (χ2v) is 11.1. The molecule has 0 saturated carbocycles.